The number of aryl methyl sites for hydroxylation is 1. The summed E-state index contributed by atoms with van der Waals surface area (Å²) in [4.78, 5) is 19.3. The Bertz CT molecular complexity index is 900. The van der Waals surface area contributed by atoms with Gasteiger partial charge >= 0.3 is 0 Å². The fraction of sp³-hybridized carbons (Fsp3) is 0.158. The van der Waals surface area contributed by atoms with Crippen LogP contribution >= 0.6 is 0 Å². The number of nitro groups is 1. The van der Waals surface area contributed by atoms with Gasteiger partial charge in [0.1, 0.15) is 18.2 Å². The van der Waals surface area contributed by atoms with Crippen LogP contribution < -0.4 is 10.1 Å². The molecule has 0 bridgehead atoms. The summed E-state index contributed by atoms with van der Waals surface area (Å²) in [5, 5.41) is 14.1. The van der Waals surface area contributed by atoms with Gasteiger partial charge in [0.05, 0.1) is 11.5 Å². The molecule has 0 saturated heterocycles. The first-order valence-corrected chi connectivity index (χ1v) is 8.14. The highest BCUT2D eigenvalue weighted by Crippen LogP contribution is 2.22. The van der Waals surface area contributed by atoms with Crippen LogP contribution in [-0.2, 0) is 0 Å². The number of aromatic nitrogens is 2. The number of rotatable bonds is 7. The van der Waals surface area contributed by atoms with Crippen molar-refractivity contribution in [2.24, 2.45) is 0 Å². The van der Waals surface area contributed by atoms with E-state index in [-0.39, 0.29) is 5.69 Å². The van der Waals surface area contributed by atoms with Crippen molar-refractivity contribution >= 4 is 11.5 Å². The molecule has 0 aliphatic heterocycles. The SMILES string of the molecule is Cc1cc(NCCOc2ccccc2)nc(-c2cccc([N+](=O)[O-])c2)n1. The third-order valence-electron chi connectivity index (χ3n) is 3.59. The van der Waals surface area contributed by atoms with E-state index in [0.717, 1.165) is 11.4 Å². The van der Waals surface area contributed by atoms with Gasteiger partial charge in [-0.15, -0.1) is 0 Å². The van der Waals surface area contributed by atoms with Gasteiger partial charge in [-0.05, 0) is 19.1 Å². The van der Waals surface area contributed by atoms with Crippen LogP contribution in [-0.4, -0.2) is 28.0 Å². The zero-order chi connectivity index (χ0) is 18.4. The molecule has 0 atom stereocenters. The molecule has 3 aromatic rings. The molecule has 1 aromatic heterocycles. The van der Waals surface area contributed by atoms with Crippen LogP contribution in [0.2, 0.25) is 0 Å². The summed E-state index contributed by atoms with van der Waals surface area (Å²) in [6.45, 7) is 2.91. The maximum atomic E-state index is 10.9. The molecule has 0 aliphatic rings. The first-order chi connectivity index (χ1) is 12.6. The highest BCUT2D eigenvalue weighted by atomic mass is 16.6. The fourth-order valence-electron chi connectivity index (χ4n) is 2.41. The molecule has 0 radical (unpaired) electrons. The monoisotopic (exact) mass is 350 g/mol. The standard InChI is InChI=1S/C19H18N4O3/c1-14-12-18(20-10-11-26-17-8-3-2-4-9-17)22-19(21-14)15-6-5-7-16(13-15)23(24)25/h2-9,12-13H,10-11H2,1H3,(H,20,21,22). The van der Waals surface area contributed by atoms with Crippen LogP contribution in [0, 0.1) is 17.0 Å². The molecule has 2 aromatic carbocycles. The Labute approximate surface area is 150 Å². The van der Waals surface area contributed by atoms with Crippen molar-refractivity contribution in [3.63, 3.8) is 0 Å². The topological polar surface area (TPSA) is 90.2 Å². The van der Waals surface area contributed by atoms with Crippen molar-refractivity contribution in [1.29, 1.82) is 0 Å². The number of nitrogens with zero attached hydrogens (tertiary/aromatic N) is 3. The number of ether oxygens (including phenoxy) is 1. The van der Waals surface area contributed by atoms with Gasteiger partial charge in [0.2, 0.25) is 0 Å². The summed E-state index contributed by atoms with van der Waals surface area (Å²) in [6, 6.07) is 17.7. The first kappa shape index (κ1) is 17.3. The van der Waals surface area contributed by atoms with Crippen molar-refractivity contribution in [3.8, 4) is 17.1 Å². The van der Waals surface area contributed by atoms with E-state index in [4.69, 9.17) is 4.74 Å². The van der Waals surface area contributed by atoms with E-state index in [1.807, 2.05) is 43.3 Å². The Morgan fingerprint density at radius 1 is 1.08 bits per heavy atom. The third-order valence-corrected chi connectivity index (χ3v) is 3.59. The molecule has 3 rings (SSSR count). The highest BCUT2D eigenvalue weighted by molar-refractivity contribution is 5.61. The molecule has 0 amide bonds. The van der Waals surface area contributed by atoms with Crippen LogP contribution in [0.25, 0.3) is 11.4 Å². The lowest BCUT2D eigenvalue weighted by Crippen LogP contribution is -2.13. The number of nitrogens with one attached hydrogen (secondary N) is 1. The zero-order valence-corrected chi connectivity index (χ0v) is 14.3. The van der Waals surface area contributed by atoms with Crippen molar-refractivity contribution in [3.05, 3.63) is 76.5 Å². The molecule has 0 fully saturated rings. The van der Waals surface area contributed by atoms with Crippen molar-refractivity contribution in [2.75, 3.05) is 18.5 Å². The van der Waals surface area contributed by atoms with Crippen molar-refractivity contribution < 1.29 is 9.66 Å². The minimum absolute atomic E-state index is 0.0124. The summed E-state index contributed by atoms with van der Waals surface area (Å²) in [5.41, 5.74) is 1.39. The largest absolute Gasteiger partial charge is 0.492 e. The Kier molecular flexibility index (Phi) is 5.38. The quantitative estimate of drug-likeness (QED) is 0.395. The number of anilines is 1. The molecule has 0 saturated carbocycles. The molecule has 132 valence electrons. The van der Waals surface area contributed by atoms with E-state index < -0.39 is 4.92 Å². The van der Waals surface area contributed by atoms with Gasteiger partial charge in [0, 0.05) is 29.5 Å². The Balaban J connectivity index is 1.68. The molecular formula is C19H18N4O3. The van der Waals surface area contributed by atoms with E-state index in [0.29, 0.717) is 30.4 Å². The van der Waals surface area contributed by atoms with Crippen LogP contribution in [0.1, 0.15) is 5.69 Å². The Morgan fingerprint density at radius 3 is 2.65 bits per heavy atom. The molecular weight excluding hydrogens is 332 g/mol. The van der Waals surface area contributed by atoms with Gasteiger partial charge < -0.3 is 10.1 Å². The average molecular weight is 350 g/mol. The van der Waals surface area contributed by atoms with Crippen LogP contribution in [0.15, 0.2) is 60.7 Å². The smallest absolute Gasteiger partial charge is 0.270 e. The van der Waals surface area contributed by atoms with Gasteiger partial charge in [-0.25, -0.2) is 9.97 Å². The molecule has 7 heteroatoms. The van der Waals surface area contributed by atoms with Gasteiger partial charge in [0.25, 0.3) is 5.69 Å². The molecule has 1 heterocycles. The molecule has 0 spiro atoms. The number of benzene rings is 2. The Morgan fingerprint density at radius 2 is 1.88 bits per heavy atom. The van der Waals surface area contributed by atoms with E-state index in [1.165, 1.54) is 12.1 Å². The van der Waals surface area contributed by atoms with Crippen LogP contribution in [0.4, 0.5) is 11.5 Å². The number of hydrogen-bond donors (Lipinski definition) is 1. The predicted molar refractivity (Wildman–Crippen MR) is 99.3 cm³/mol. The molecule has 1 N–H and O–H groups in total. The van der Waals surface area contributed by atoms with E-state index >= 15 is 0 Å². The van der Waals surface area contributed by atoms with E-state index in [2.05, 4.69) is 15.3 Å². The first-order valence-electron chi connectivity index (χ1n) is 8.14. The second-order valence-corrected chi connectivity index (χ2v) is 5.61. The summed E-state index contributed by atoms with van der Waals surface area (Å²) >= 11 is 0. The maximum absolute atomic E-state index is 10.9. The lowest BCUT2D eigenvalue weighted by atomic mass is 10.2. The molecule has 7 nitrogen and oxygen atoms in total. The minimum atomic E-state index is -0.431. The summed E-state index contributed by atoms with van der Waals surface area (Å²) in [6.07, 6.45) is 0. The lowest BCUT2D eigenvalue weighted by Gasteiger charge is -2.10. The number of para-hydroxylation sites is 1. The van der Waals surface area contributed by atoms with E-state index in [9.17, 15) is 10.1 Å². The normalized spacial score (nSPS) is 10.3. The summed E-state index contributed by atoms with van der Waals surface area (Å²) in [7, 11) is 0. The lowest BCUT2D eigenvalue weighted by molar-refractivity contribution is -0.384. The summed E-state index contributed by atoms with van der Waals surface area (Å²) in [5.74, 6) is 1.90. The van der Waals surface area contributed by atoms with Crippen molar-refractivity contribution in [1.82, 2.24) is 9.97 Å². The highest BCUT2D eigenvalue weighted by Gasteiger charge is 2.10. The zero-order valence-electron chi connectivity index (χ0n) is 14.3. The second-order valence-electron chi connectivity index (χ2n) is 5.61. The third kappa shape index (κ3) is 4.54. The minimum Gasteiger partial charge on any atom is -0.492 e. The van der Waals surface area contributed by atoms with Gasteiger partial charge in [0.15, 0.2) is 5.82 Å². The molecule has 0 aliphatic carbocycles. The van der Waals surface area contributed by atoms with Gasteiger partial charge in [-0.1, -0.05) is 30.3 Å². The number of nitro benzene ring substituents is 1. The fourth-order valence-corrected chi connectivity index (χ4v) is 2.41. The van der Waals surface area contributed by atoms with E-state index in [1.54, 1.807) is 12.1 Å². The van der Waals surface area contributed by atoms with Crippen LogP contribution in [0.3, 0.4) is 0 Å². The predicted octanol–water partition coefficient (Wildman–Crippen LogP) is 3.85. The molecule has 26 heavy (non-hydrogen) atoms. The number of hydrogen-bond acceptors (Lipinski definition) is 6. The van der Waals surface area contributed by atoms with Crippen molar-refractivity contribution in [2.45, 2.75) is 6.92 Å². The maximum Gasteiger partial charge on any atom is 0.270 e. The molecule has 0 unspecified atom stereocenters. The summed E-state index contributed by atoms with van der Waals surface area (Å²) < 4.78 is 5.63. The van der Waals surface area contributed by atoms with Crippen LogP contribution in [0.5, 0.6) is 5.75 Å². The second kappa shape index (κ2) is 8.06. The number of non-ortho nitro benzene ring substituents is 1. The average Bonchev–Trinajstić information content (AvgIpc) is 2.66. The van der Waals surface area contributed by atoms with Gasteiger partial charge in [-0.3, -0.25) is 10.1 Å². The van der Waals surface area contributed by atoms with Gasteiger partial charge in [-0.2, -0.15) is 0 Å². The Hall–Kier alpha value is -3.48.